The molecule has 9 nitrogen and oxygen atoms in total. The second kappa shape index (κ2) is 7.18. The molecule has 9 heteroatoms. The van der Waals surface area contributed by atoms with Crippen LogP contribution >= 0.6 is 0 Å². The Kier molecular flexibility index (Phi) is 4.78. The molecule has 0 aliphatic carbocycles. The zero-order valence-electron chi connectivity index (χ0n) is 13.7. The average molecular weight is 356 g/mol. The van der Waals surface area contributed by atoms with Gasteiger partial charge in [-0.2, -0.15) is 0 Å². The van der Waals surface area contributed by atoms with E-state index in [1.807, 2.05) is 4.90 Å². The summed E-state index contributed by atoms with van der Waals surface area (Å²) in [5, 5.41) is 24.2. The third-order valence-corrected chi connectivity index (χ3v) is 4.29. The molecular formula is C17H16N4O5. The minimum absolute atomic E-state index is 0.000159. The van der Waals surface area contributed by atoms with E-state index in [4.69, 9.17) is 0 Å². The molecule has 1 saturated heterocycles. The van der Waals surface area contributed by atoms with Gasteiger partial charge in [0.15, 0.2) is 0 Å². The van der Waals surface area contributed by atoms with Crippen LogP contribution in [0.1, 0.15) is 12.8 Å². The van der Waals surface area contributed by atoms with Crippen molar-refractivity contribution in [1.82, 2.24) is 0 Å². The van der Waals surface area contributed by atoms with Gasteiger partial charge in [-0.3, -0.25) is 25.0 Å². The van der Waals surface area contributed by atoms with Crippen LogP contribution in [-0.2, 0) is 4.79 Å². The lowest BCUT2D eigenvalue weighted by Gasteiger charge is -2.25. The van der Waals surface area contributed by atoms with E-state index in [0.29, 0.717) is 18.7 Å². The number of carbonyl (C=O) groups is 1. The van der Waals surface area contributed by atoms with Crippen molar-refractivity contribution in [3.63, 3.8) is 0 Å². The van der Waals surface area contributed by atoms with Crippen molar-refractivity contribution in [3.8, 4) is 0 Å². The molecule has 0 radical (unpaired) electrons. The van der Waals surface area contributed by atoms with Gasteiger partial charge in [0.1, 0.15) is 6.04 Å². The Morgan fingerprint density at radius 3 is 2.04 bits per heavy atom. The van der Waals surface area contributed by atoms with E-state index in [2.05, 4.69) is 5.32 Å². The summed E-state index contributed by atoms with van der Waals surface area (Å²) in [6, 6.07) is 11.3. The van der Waals surface area contributed by atoms with E-state index >= 15 is 0 Å². The van der Waals surface area contributed by atoms with Gasteiger partial charge in [0.05, 0.1) is 9.85 Å². The van der Waals surface area contributed by atoms with Gasteiger partial charge in [-0.1, -0.05) is 0 Å². The number of carbonyl (C=O) groups excluding carboxylic acids is 1. The van der Waals surface area contributed by atoms with Crippen molar-refractivity contribution in [3.05, 3.63) is 68.8 Å². The van der Waals surface area contributed by atoms with Crippen LogP contribution in [0.3, 0.4) is 0 Å². The fourth-order valence-electron chi connectivity index (χ4n) is 3.01. The van der Waals surface area contributed by atoms with Crippen LogP contribution in [0.25, 0.3) is 0 Å². The highest BCUT2D eigenvalue weighted by Crippen LogP contribution is 2.28. The predicted molar refractivity (Wildman–Crippen MR) is 95.2 cm³/mol. The molecule has 0 spiro atoms. The maximum absolute atomic E-state index is 12.6. The van der Waals surface area contributed by atoms with Crippen LogP contribution in [0.15, 0.2) is 48.5 Å². The molecule has 0 saturated carbocycles. The number of nitro groups is 2. The molecule has 2 aromatic rings. The first-order valence-corrected chi connectivity index (χ1v) is 8.02. The van der Waals surface area contributed by atoms with Gasteiger partial charge in [-0.15, -0.1) is 0 Å². The molecule has 1 heterocycles. The Hall–Kier alpha value is -3.49. The van der Waals surface area contributed by atoms with Gasteiger partial charge >= 0.3 is 0 Å². The van der Waals surface area contributed by atoms with Gasteiger partial charge in [-0.25, -0.2) is 0 Å². The first kappa shape index (κ1) is 17.3. The summed E-state index contributed by atoms with van der Waals surface area (Å²) in [7, 11) is 0. The number of nitrogens with zero attached hydrogens (tertiary/aromatic N) is 3. The Morgan fingerprint density at radius 1 is 0.962 bits per heavy atom. The Balaban J connectivity index is 1.71. The van der Waals surface area contributed by atoms with Crippen molar-refractivity contribution < 1.29 is 14.6 Å². The highest BCUT2D eigenvalue weighted by Gasteiger charge is 2.31. The summed E-state index contributed by atoms with van der Waals surface area (Å²) in [5.41, 5.74) is 1.18. The van der Waals surface area contributed by atoms with E-state index in [0.717, 1.165) is 12.1 Å². The third kappa shape index (κ3) is 3.61. The standard InChI is InChI=1S/C17H16N4O5/c22-17(18-12-3-5-14(6-4-12)20(23)24)16-2-1-11-19(16)13-7-9-15(10-8-13)21(25)26/h3-10,16H,1-2,11H2,(H,18,22). The van der Waals surface area contributed by atoms with Crippen LogP contribution in [0, 0.1) is 20.2 Å². The van der Waals surface area contributed by atoms with Crippen LogP contribution in [0.2, 0.25) is 0 Å². The number of amides is 1. The molecule has 1 atom stereocenters. The molecule has 1 unspecified atom stereocenters. The molecule has 1 fully saturated rings. The predicted octanol–water partition coefficient (Wildman–Crippen LogP) is 3.11. The zero-order valence-corrected chi connectivity index (χ0v) is 13.7. The molecule has 134 valence electrons. The van der Waals surface area contributed by atoms with Crippen molar-refractivity contribution in [1.29, 1.82) is 0 Å². The monoisotopic (exact) mass is 356 g/mol. The molecule has 2 aromatic carbocycles. The molecule has 1 aliphatic heterocycles. The first-order valence-electron chi connectivity index (χ1n) is 8.02. The highest BCUT2D eigenvalue weighted by molar-refractivity contribution is 5.97. The second-order valence-electron chi connectivity index (χ2n) is 5.92. The number of hydrogen-bond donors (Lipinski definition) is 1. The van der Waals surface area contributed by atoms with E-state index in [9.17, 15) is 25.0 Å². The SMILES string of the molecule is O=C(Nc1ccc([N+](=O)[O-])cc1)C1CCCN1c1ccc([N+](=O)[O-])cc1. The molecule has 1 amide bonds. The topological polar surface area (TPSA) is 119 Å². The highest BCUT2D eigenvalue weighted by atomic mass is 16.6. The first-order chi connectivity index (χ1) is 12.5. The summed E-state index contributed by atoms with van der Waals surface area (Å²) in [6.45, 7) is 0.677. The van der Waals surface area contributed by atoms with Gasteiger partial charge in [0.2, 0.25) is 5.91 Å². The van der Waals surface area contributed by atoms with Crippen LogP contribution in [0.5, 0.6) is 0 Å². The van der Waals surface area contributed by atoms with E-state index < -0.39 is 15.9 Å². The van der Waals surface area contributed by atoms with E-state index in [1.54, 1.807) is 12.1 Å². The smallest absolute Gasteiger partial charge is 0.269 e. The molecule has 0 bridgehead atoms. The van der Waals surface area contributed by atoms with Crippen molar-refractivity contribution in [2.45, 2.75) is 18.9 Å². The minimum atomic E-state index is -0.501. The number of hydrogen-bond acceptors (Lipinski definition) is 6. The average Bonchev–Trinajstić information content (AvgIpc) is 3.12. The number of anilines is 2. The Morgan fingerprint density at radius 2 is 1.50 bits per heavy atom. The molecule has 1 aliphatic rings. The fourth-order valence-corrected chi connectivity index (χ4v) is 3.01. The van der Waals surface area contributed by atoms with Crippen molar-refractivity contribution in [2.75, 3.05) is 16.8 Å². The summed E-state index contributed by atoms with van der Waals surface area (Å²) < 4.78 is 0. The number of benzene rings is 2. The quantitative estimate of drug-likeness (QED) is 0.649. The molecule has 3 rings (SSSR count). The Bertz CT molecular complexity index is 835. The summed E-state index contributed by atoms with van der Waals surface area (Å²) >= 11 is 0. The largest absolute Gasteiger partial charge is 0.360 e. The zero-order chi connectivity index (χ0) is 18.7. The van der Waals surface area contributed by atoms with Gasteiger partial charge < -0.3 is 10.2 Å². The number of non-ortho nitro benzene ring substituents is 2. The van der Waals surface area contributed by atoms with Crippen LogP contribution < -0.4 is 10.2 Å². The number of nitro benzene ring substituents is 2. The van der Waals surface area contributed by atoms with Gasteiger partial charge in [-0.05, 0) is 37.1 Å². The second-order valence-corrected chi connectivity index (χ2v) is 5.92. The maximum Gasteiger partial charge on any atom is 0.269 e. The minimum Gasteiger partial charge on any atom is -0.360 e. The summed E-state index contributed by atoms with van der Waals surface area (Å²) in [4.78, 5) is 35.0. The molecule has 0 aromatic heterocycles. The van der Waals surface area contributed by atoms with Crippen LogP contribution in [0.4, 0.5) is 22.7 Å². The maximum atomic E-state index is 12.6. The third-order valence-electron chi connectivity index (χ3n) is 4.29. The normalized spacial score (nSPS) is 16.3. The van der Waals surface area contributed by atoms with Crippen molar-refractivity contribution in [2.24, 2.45) is 0 Å². The van der Waals surface area contributed by atoms with E-state index in [1.165, 1.54) is 36.4 Å². The van der Waals surface area contributed by atoms with Gasteiger partial charge in [0, 0.05) is 42.2 Å². The van der Waals surface area contributed by atoms with Crippen molar-refractivity contribution >= 4 is 28.7 Å². The lowest BCUT2D eigenvalue weighted by Crippen LogP contribution is -2.39. The van der Waals surface area contributed by atoms with E-state index in [-0.39, 0.29) is 17.3 Å². The Labute approximate surface area is 148 Å². The number of rotatable bonds is 5. The molecule has 26 heavy (non-hydrogen) atoms. The lowest BCUT2D eigenvalue weighted by atomic mass is 10.1. The van der Waals surface area contributed by atoms with Crippen LogP contribution in [-0.4, -0.2) is 28.3 Å². The molecular weight excluding hydrogens is 340 g/mol. The van der Waals surface area contributed by atoms with Gasteiger partial charge in [0.25, 0.3) is 11.4 Å². The molecule has 1 N–H and O–H groups in total. The fraction of sp³-hybridized carbons (Fsp3) is 0.235. The summed E-state index contributed by atoms with van der Waals surface area (Å²) in [5.74, 6) is -0.213. The summed E-state index contributed by atoms with van der Waals surface area (Å²) in [6.07, 6.45) is 1.49. The lowest BCUT2D eigenvalue weighted by molar-refractivity contribution is -0.385. The number of nitrogens with one attached hydrogen (secondary N) is 1.